The molecule has 28 heavy (non-hydrogen) atoms. The molecule has 2 fully saturated rings. The molecule has 6 nitrogen and oxygen atoms in total. The summed E-state index contributed by atoms with van der Waals surface area (Å²) in [6, 6.07) is 0.0881. The highest BCUT2D eigenvalue weighted by atomic mass is 32.2. The topological polar surface area (TPSA) is 90.7 Å². The van der Waals surface area contributed by atoms with Crippen molar-refractivity contribution in [1.29, 1.82) is 0 Å². The normalized spacial score (nSPS) is 22.6. The number of thioether (sulfide) groups is 1. The minimum atomic E-state index is -1.02. The molecule has 2 aliphatic rings. The van der Waals surface area contributed by atoms with Crippen LogP contribution in [0, 0.1) is 5.41 Å². The van der Waals surface area contributed by atoms with Crippen LogP contribution in [0.25, 0.3) is 0 Å². The Hall–Kier alpha value is -1.38. The third-order valence-electron chi connectivity index (χ3n) is 6.11. The van der Waals surface area contributed by atoms with Gasteiger partial charge in [-0.1, -0.05) is 37.3 Å². The molecule has 1 aromatic heterocycles. The number of amides is 1. The molecule has 2 heterocycles. The van der Waals surface area contributed by atoms with E-state index in [4.69, 9.17) is 5.11 Å². The second-order valence-electron chi connectivity index (χ2n) is 7.59. The third-order valence-corrected chi connectivity index (χ3v) is 8.11. The highest BCUT2D eigenvalue weighted by molar-refractivity contribution is 8.01. The third kappa shape index (κ3) is 4.78. The van der Waals surface area contributed by atoms with Crippen LogP contribution in [0.15, 0.2) is 21.9 Å². The van der Waals surface area contributed by atoms with Crippen LogP contribution in [0.2, 0.25) is 0 Å². The molecule has 0 radical (unpaired) electrons. The van der Waals surface area contributed by atoms with Gasteiger partial charge in [0, 0.05) is 24.1 Å². The van der Waals surface area contributed by atoms with Crippen molar-refractivity contribution in [2.45, 2.75) is 68.4 Å². The van der Waals surface area contributed by atoms with E-state index in [2.05, 4.69) is 18.0 Å². The highest BCUT2D eigenvalue weighted by Crippen LogP contribution is 2.47. The Kier molecular flexibility index (Phi) is 7.17. The highest BCUT2D eigenvalue weighted by Gasteiger charge is 2.41. The number of aliphatic hydroxyl groups excluding tert-OH is 1. The van der Waals surface area contributed by atoms with Crippen LogP contribution < -0.4 is 0 Å². The van der Waals surface area contributed by atoms with E-state index < -0.39 is 5.97 Å². The van der Waals surface area contributed by atoms with Crippen LogP contribution in [0.1, 0.15) is 62.4 Å². The second-order valence-corrected chi connectivity index (χ2v) is 9.79. The molecule has 2 N–H and O–H groups in total. The summed E-state index contributed by atoms with van der Waals surface area (Å²) in [4.78, 5) is 29.1. The molecule has 3 rings (SSSR count). The lowest BCUT2D eigenvalue weighted by molar-refractivity contribution is -0.128. The van der Waals surface area contributed by atoms with E-state index in [9.17, 15) is 14.7 Å². The maximum Gasteiger partial charge on any atom is 0.355 e. The Balaban J connectivity index is 1.47. The van der Waals surface area contributed by atoms with Crippen LogP contribution in [0.4, 0.5) is 0 Å². The van der Waals surface area contributed by atoms with Crippen LogP contribution in [0.5, 0.6) is 0 Å². The first-order valence-electron chi connectivity index (χ1n) is 9.91. The van der Waals surface area contributed by atoms with Gasteiger partial charge in [0.05, 0.1) is 12.1 Å². The molecule has 0 spiro atoms. The monoisotopic (exact) mass is 424 g/mol. The molecule has 8 heteroatoms. The molecule has 2 atom stereocenters. The Morgan fingerprint density at radius 2 is 2.32 bits per heavy atom. The van der Waals surface area contributed by atoms with Crippen LogP contribution in [-0.4, -0.2) is 56.4 Å². The van der Waals surface area contributed by atoms with Crippen LogP contribution in [-0.2, 0) is 4.79 Å². The predicted molar refractivity (Wildman–Crippen MR) is 111 cm³/mol. The van der Waals surface area contributed by atoms with Crippen LogP contribution >= 0.6 is 23.1 Å². The largest absolute Gasteiger partial charge is 0.476 e. The summed E-state index contributed by atoms with van der Waals surface area (Å²) in [7, 11) is 0. The molecule has 1 aromatic rings. The number of carboxylic acid groups (broad SMARTS) is 1. The Morgan fingerprint density at radius 3 is 2.93 bits per heavy atom. The molecule has 0 aromatic carbocycles. The first-order chi connectivity index (χ1) is 13.4. The zero-order valence-corrected chi connectivity index (χ0v) is 17.8. The van der Waals surface area contributed by atoms with Gasteiger partial charge in [0.15, 0.2) is 10.0 Å². The number of aliphatic hydroxyl groups is 1. The van der Waals surface area contributed by atoms with Crippen molar-refractivity contribution in [2.24, 2.45) is 5.41 Å². The SMILES string of the molecule is CCC1(C(O)CC=CC2CCC(=O)N2CCSc2nc(C(=O)O)cs2)CCC1. The van der Waals surface area contributed by atoms with E-state index in [0.717, 1.165) is 25.7 Å². The van der Waals surface area contributed by atoms with Gasteiger partial charge < -0.3 is 15.1 Å². The Labute approximate surface area is 174 Å². The van der Waals surface area contributed by atoms with E-state index in [1.54, 1.807) is 0 Å². The number of carbonyl (C=O) groups is 2. The lowest BCUT2D eigenvalue weighted by atomic mass is 9.63. The van der Waals surface area contributed by atoms with Gasteiger partial charge in [-0.25, -0.2) is 9.78 Å². The number of hydrogen-bond donors (Lipinski definition) is 2. The molecule has 2 unspecified atom stereocenters. The van der Waals surface area contributed by atoms with Crippen molar-refractivity contribution in [1.82, 2.24) is 9.88 Å². The van der Waals surface area contributed by atoms with Gasteiger partial charge in [-0.05, 0) is 37.5 Å². The van der Waals surface area contributed by atoms with E-state index in [-0.39, 0.29) is 29.2 Å². The summed E-state index contributed by atoms with van der Waals surface area (Å²) in [5, 5.41) is 21.0. The molecular weight excluding hydrogens is 396 g/mol. The van der Waals surface area contributed by atoms with Gasteiger partial charge >= 0.3 is 5.97 Å². The number of hydrogen-bond acceptors (Lipinski definition) is 6. The molecule has 1 amide bonds. The van der Waals surface area contributed by atoms with Crippen LogP contribution in [0.3, 0.4) is 0 Å². The van der Waals surface area contributed by atoms with Gasteiger partial charge in [0.1, 0.15) is 0 Å². The smallest absolute Gasteiger partial charge is 0.355 e. The average molecular weight is 425 g/mol. The van der Waals surface area contributed by atoms with Crippen molar-refractivity contribution in [3.05, 3.63) is 23.2 Å². The van der Waals surface area contributed by atoms with Gasteiger partial charge in [-0.2, -0.15) is 0 Å². The van der Waals surface area contributed by atoms with E-state index in [0.29, 0.717) is 29.5 Å². The fraction of sp³-hybridized carbons (Fsp3) is 0.650. The second kappa shape index (κ2) is 9.41. The number of thiazole rings is 1. The summed E-state index contributed by atoms with van der Waals surface area (Å²) in [6.07, 6.45) is 10.3. The predicted octanol–water partition coefficient (Wildman–Crippen LogP) is 3.81. The Bertz CT molecular complexity index is 724. The maximum absolute atomic E-state index is 12.2. The standard InChI is InChI=1S/C20H28N2O4S2/c1-2-20(9-4-10-20)16(23)6-3-5-14-7-8-17(24)22(14)11-12-27-19-21-15(13-28-19)18(25)26/h3,5,13-14,16,23H,2,4,6-12H2,1H3,(H,25,26). The first kappa shape index (κ1) is 21.3. The average Bonchev–Trinajstić information content (AvgIpc) is 3.23. The van der Waals surface area contributed by atoms with Gasteiger partial charge in [0.2, 0.25) is 5.91 Å². The minimum Gasteiger partial charge on any atom is -0.476 e. The Morgan fingerprint density at radius 1 is 1.54 bits per heavy atom. The molecular formula is C20H28N2O4S2. The van der Waals surface area contributed by atoms with Gasteiger partial charge in [-0.15, -0.1) is 11.3 Å². The zero-order valence-electron chi connectivity index (χ0n) is 16.2. The number of aromatic nitrogens is 1. The van der Waals surface area contributed by atoms with E-state index >= 15 is 0 Å². The summed E-state index contributed by atoms with van der Waals surface area (Å²) < 4.78 is 0.713. The quantitative estimate of drug-likeness (QED) is 0.438. The number of aromatic carboxylic acids is 1. The van der Waals surface area contributed by atoms with E-state index in [1.807, 2.05) is 11.0 Å². The molecule has 1 saturated heterocycles. The number of carboxylic acids is 1. The van der Waals surface area contributed by atoms with Crippen molar-refractivity contribution in [3.8, 4) is 0 Å². The van der Waals surface area contributed by atoms with Crippen molar-refractivity contribution in [3.63, 3.8) is 0 Å². The molecule has 1 saturated carbocycles. The van der Waals surface area contributed by atoms with E-state index in [1.165, 1.54) is 34.9 Å². The summed E-state index contributed by atoms with van der Waals surface area (Å²) >= 11 is 2.80. The van der Waals surface area contributed by atoms with Crippen molar-refractivity contribution < 1.29 is 19.8 Å². The minimum absolute atomic E-state index is 0.0698. The molecule has 1 aliphatic heterocycles. The molecule has 0 bridgehead atoms. The number of carbonyl (C=O) groups excluding carboxylic acids is 1. The molecule has 1 aliphatic carbocycles. The number of nitrogens with zero attached hydrogens (tertiary/aromatic N) is 2. The van der Waals surface area contributed by atoms with Gasteiger partial charge in [-0.3, -0.25) is 4.79 Å². The summed E-state index contributed by atoms with van der Waals surface area (Å²) in [5.74, 6) is -0.174. The maximum atomic E-state index is 12.2. The summed E-state index contributed by atoms with van der Waals surface area (Å²) in [6.45, 7) is 2.77. The number of likely N-dealkylation sites (tertiary alicyclic amines) is 1. The molecule has 154 valence electrons. The number of rotatable bonds is 10. The van der Waals surface area contributed by atoms with Crippen molar-refractivity contribution >= 4 is 35.0 Å². The first-order valence-corrected chi connectivity index (χ1v) is 11.8. The van der Waals surface area contributed by atoms with Gasteiger partial charge in [0.25, 0.3) is 0 Å². The fourth-order valence-corrected chi connectivity index (χ4v) is 5.88. The lowest BCUT2D eigenvalue weighted by Gasteiger charge is -2.45. The lowest BCUT2D eigenvalue weighted by Crippen LogP contribution is -2.40. The fourth-order valence-electron chi connectivity index (χ4n) is 4.07. The van der Waals surface area contributed by atoms with Crippen molar-refractivity contribution in [2.75, 3.05) is 12.3 Å². The summed E-state index contributed by atoms with van der Waals surface area (Å²) in [5.41, 5.74) is 0.176. The zero-order chi connectivity index (χ0) is 20.1.